The molecule has 4 N–H and O–H groups in total. The smallest absolute Gasteiger partial charge is 0.326 e. The molecular weight excluding hydrogens is 262 g/mol. The van der Waals surface area contributed by atoms with Gasteiger partial charge in [0.1, 0.15) is 6.04 Å². The van der Waals surface area contributed by atoms with E-state index in [4.69, 9.17) is 10.8 Å². The molecule has 0 aromatic rings. The molecule has 3 amide bonds. The summed E-state index contributed by atoms with van der Waals surface area (Å²) < 4.78 is 0. The Morgan fingerprint density at radius 2 is 2.05 bits per heavy atom. The van der Waals surface area contributed by atoms with Gasteiger partial charge in [-0.05, 0) is 18.8 Å². The van der Waals surface area contributed by atoms with E-state index in [1.54, 1.807) is 7.05 Å². The van der Waals surface area contributed by atoms with E-state index in [9.17, 15) is 14.4 Å². The summed E-state index contributed by atoms with van der Waals surface area (Å²) in [5, 5.41) is 11.3. The maximum absolute atomic E-state index is 12.0. The molecule has 0 aliphatic heterocycles. The molecule has 0 heterocycles. The van der Waals surface area contributed by atoms with Gasteiger partial charge in [-0.15, -0.1) is 0 Å². The largest absolute Gasteiger partial charge is 0.480 e. The first kappa shape index (κ1) is 16.3. The molecule has 0 aromatic carbocycles. The van der Waals surface area contributed by atoms with Crippen LogP contribution in [0.2, 0.25) is 0 Å². The summed E-state index contributed by atoms with van der Waals surface area (Å²) in [6, 6.07) is -1.64. The van der Waals surface area contributed by atoms with E-state index < -0.39 is 30.4 Å². The highest BCUT2D eigenvalue weighted by Gasteiger charge is 2.28. The van der Waals surface area contributed by atoms with Gasteiger partial charge in [0.05, 0.1) is 6.42 Å². The summed E-state index contributed by atoms with van der Waals surface area (Å²) in [5.41, 5.74) is 4.98. The van der Waals surface area contributed by atoms with Crippen molar-refractivity contribution in [2.45, 2.75) is 51.1 Å². The van der Waals surface area contributed by atoms with Crippen molar-refractivity contribution in [3.8, 4) is 0 Å². The highest BCUT2D eigenvalue weighted by atomic mass is 16.4. The molecule has 2 unspecified atom stereocenters. The molecule has 1 aliphatic carbocycles. The number of carbonyl (C=O) groups is 3. The maximum atomic E-state index is 12.0. The number of aliphatic carboxylic acids is 1. The van der Waals surface area contributed by atoms with Gasteiger partial charge < -0.3 is 21.1 Å². The Kier molecular flexibility index (Phi) is 5.79. The Morgan fingerprint density at radius 1 is 1.40 bits per heavy atom. The Morgan fingerprint density at radius 3 is 2.55 bits per heavy atom. The second kappa shape index (κ2) is 7.12. The zero-order valence-corrected chi connectivity index (χ0v) is 12.0. The van der Waals surface area contributed by atoms with Gasteiger partial charge in [-0.3, -0.25) is 4.79 Å². The number of nitrogens with zero attached hydrogens (tertiary/aromatic N) is 1. The number of hydrogen-bond acceptors (Lipinski definition) is 3. The van der Waals surface area contributed by atoms with Crippen molar-refractivity contribution < 1.29 is 19.5 Å². The fourth-order valence-electron chi connectivity index (χ4n) is 2.57. The standard InChI is InChI=1S/C13H23N3O4/c1-8-4-3-5-9(6-8)16(2)13(20)15-10(12(18)19)7-11(14)17/h8-10H,3-7H2,1-2H3,(H2,14,17)(H,15,20)(H,18,19)/t8?,9?,10-/m0/s1. The van der Waals surface area contributed by atoms with Crippen molar-refractivity contribution in [3.05, 3.63) is 0 Å². The van der Waals surface area contributed by atoms with Crippen molar-refractivity contribution in [3.63, 3.8) is 0 Å². The number of rotatable bonds is 5. The highest BCUT2D eigenvalue weighted by molar-refractivity contribution is 5.87. The topological polar surface area (TPSA) is 113 Å². The van der Waals surface area contributed by atoms with Gasteiger partial charge in [0.15, 0.2) is 0 Å². The average molecular weight is 285 g/mol. The highest BCUT2D eigenvalue weighted by Crippen LogP contribution is 2.26. The van der Waals surface area contributed by atoms with Gasteiger partial charge in [-0.2, -0.15) is 0 Å². The molecule has 0 aromatic heterocycles. The van der Waals surface area contributed by atoms with Crippen LogP contribution in [0.5, 0.6) is 0 Å². The van der Waals surface area contributed by atoms with E-state index in [0.717, 1.165) is 25.7 Å². The number of amides is 3. The van der Waals surface area contributed by atoms with Crippen LogP contribution >= 0.6 is 0 Å². The Hall–Kier alpha value is -1.79. The van der Waals surface area contributed by atoms with Gasteiger partial charge in [0.25, 0.3) is 0 Å². The lowest BCUT2D eigenvalue weighted by molar-refractivity contribution is -0.141. The van der Waals surface area contributed by atoms with Crippen LogP contribution in [0.1, 0.15) is 39.0 Å². The molecule has 0 saturated heterocycles. The van der Waals surface area contributed by atoms with Gasteiger partial charge in [0.2, 0.25) is 5.91 Å². The monoisotopic (exact) mass is 285 g/mol. The minimum atomic E-state index is -1.27. The minimum absolute atomic E-state index is 0.113. The van der Waals surface area contributed by atoms with Crippen LogP contribution in [0.3, 0.4) is 0 Å². The fourth-order valence-corrected chi connectivity index (χ4v) is 2.57. The van der Waals surface area contributed by atoms with Crippen LogP contribution in [0.4, 0.5) is 4.79 Å². The molecule has 1 saturated carbocycles. The second-order valence-corrected chi connectivity index (χ2v) is 5.55. The van der Waals surface area contributed by atoms with Crippen LogP contribution in [0.15, 0.2) is 0 Å². The summed E-state index contributed by atoms with van der Waals surface area (Å²) in [6.07, 6.45) is 3.65. The van der Waals surface area contributed by atoms with Crippen LogP contribution in [-0.2, 0) is 9.59 Å². The van der Waals surface area contributed by atoms with E-state index in [2.05, 4.69) is 12.2 Å². The normalized spacial score (nSPS) is 23.7. The molecule has 20 heavy (non-hydrogen) atoms. The second-order valence-electron chi connectivity index (χ2n) is 5.55. The quantitative estimate of drug-likeness (QED) is 0.684. The third kappa shape index (κ3) is 4.71. The minimum Gasteiger partial charge on any atom is -0.480 e. The SMILES string of the molecule is CC1CCCC(N(C)C(=O)N[C@@H](CC(N)=O)C(=O)O)C1. The summed E-state index contributed by atoms with van der Waals surface area (Å²) in [5.74, 6) is -1.46. The van der Waals surface area contributed by atoms with E-state index in [1.807, 2.05) is 0 Å². The summed E-state index contributed by atoms with van der Waals surface area (Å²) in [7, 11) is 1.65. The van der Waals surface area contributed by atoms with Crippen LogP contribution in [0, 0.1) is 5.92 Å². The summed E-state index contributed by atoms with van der Waals surface area (Å²) in [4.78, 5) is 35.4. The molecule has 7 heteroatoms. The molecule has 1 fully saturated rings. The molecule has 0 spiro atoms. The van der Waals surface area contributed by atoms with Crippen LogP contribution in [-0.4, -0.2) is 47.0 Å². The van der Waals surface area contributed by atoms with E-state index >= 15 is 0 Å². The first-order valence-corrected chi connectivity index (χ1v) is 6.85. The molecule has 114 valence electrons. The van der Waals surface area contributed by atoms with Crippen LogP contribution < -0.4 is 11.1 Å². The fraction of sp³-hybridized carbons (Fsp3) is 0.769. The Bertz CT molecular complexity index is 386. The third-order valence-electron chi connectivity index (χ3n) is 3.78. The molecule has 0 radical (unpaired) electrons. The van der Waals surface area contributed by atoms with E-state index in [-0.39, 0.29) is 6.04 Å². The number of nitrogens with two attached hydrogens (primary N) is 1. The predicted molar refractivity (Wildman–Crippen MR) is 72.9 cm³/mol. The molecule has 7 nitrogen and oxygen atoms in total. The number of carbonyl (C=O) groups excluding carboxylic acids is 2. The van der Waals surface area contributed by atoms with Crippen molar-refractivity contribution in [2.75, 3.05) is 7.05 Å². The van der Waals surface area contributed by atoms with Gasteiger partial charge in [-0.1, -0.05) is 19.8 Å². The van der Waals surface area contributed by atoms with Gasteiger partial charge in [-0.25, -0.2) is 9.59 Å². The van der Waals surface area contributed by atoms with Crippen LogP contribution in [0.25, 0.3) is 0 Å². The summed E-state index contributed by atoms with van der Waals surface area (Å²) >= 11 is 0. The maximum Gasteiger partial charge on any atom is 0.326 e. The molecule has 1 aliphatic rings. The number of carboxylic acids is 1. The lowest BCUT2D eigenvalue weighted by Gasteiger charge is -2.34. The van der Waals surface area contributed by atoms with E-state index in [0.29, 0.717) is 5.92 Å². The van der Waals surface area contributed by atoms with Crippen molar-refractivity contribution in [2.24, 2.45) is 11.7 Å². The summed E-state index contributed by atoms with van der Waals surface area (Å²) in [6.45, 7) is 2.14. The molecule has 3 atom stereocenters. The number of urea groups is 1. The first-order valence-electron chi connectivity index (χ1n) is 6.85. The van der Waals surface area contributed by atoms with Crippen molar-refractivity contribution in [1.29, 1.82) is 0 Å². The lowest BCUT2D eigenvalue weighted by atomic mass is 9.86. The zero-order valence-electron chi connectivity index (χ0n) is 12.0. The first-order chi connectivity index (χ1) is 9.31. The van der Waals surface area contributed by atoms with Gasteiger partial charge in [0, 0.05) is 13.1 Å². The average Bonchev–Trinajstić information content (AvgIpc) is 2.36. The van der Waals surface area contributed by atoms with Crippen molar-refractivity contribution >= 4 is 17.9 Å². The molecule has 1 rings (SSSR count). The van der Waals surface area contributed by atoms with E-state index in [1.165, 1.54) is 4.90 Å². The predicted octanol–water partition coefficient (Wildman–Crippen LogP) is 0.535. The number of carboxylic acid groups (broad SMARTS) is 1. The zero-order chi connectivity index (χ0) is 15.3. The Labute approximate surface area is 118 Å². The third-order valence-corrected chi connectivity index (χ3v) is 3.78. The number of hydrogen-bond donors (Lipinski definition) is 3. The lowest BCUT2D eigenvalue weighted by Crippen LogP contribution is -2.51. The van der Waals surface area contributed by atoms with Gasteiger partial charge >= 0.3 is 12.0 Å². The Balaban J connectivity index is 2.58. The molecular formula is C13H23N3O4. The number of nitrogens with one attached hydrogen (secondary N) is 1. The molecule has 0 bridgehead atoms. The van der Waals surface area contributed by atoms with Crippen molar-refractivity contribution in [1.82, 2.24) is 10.2 Å². The number of primary amides is 1.